The molecule has 0 saturated heterocycles. The monoisotopic (exact) mass is 251 g/mol. The zero-order valence-electron chi connectivity index (χ0n) is 9.91. The maximum atomic E-state index is 10.0. The van der Waals surface area contributed by atoms with Crippen LogP contribution in [0.1, 0.15) is 24.7 Å². The maximum absolute atomic E-state index is 10.0. The minimum absolute atomic E-state index is 0.385. The molecule has 1 atom stereocenters. The number of hydrogen-bond acceptors (Lipinski definition) is 4. The Morgan fingerprint density at radius 2 is 2.35 bits per heavy atom. The van der Waals surface area contributed by atoms with E-state index in [2.05, 4.69) is 22.4 Å². The van der Waals surface area contributed by atoms with Crippen LogP contribution >= 0.6 is 11.3 Å². The molecule has 0 fully saturated rings. The third-order valence-electron chi connectivity index (χ3n) is 2.60. The number of hydrogen-bond donors (Lipinski definition) is 1. The summed E-state index contributed by atoms with van der Waals surface area (Å²) in [5.41, 5.74) is 1.18. The fourth-order valence-electron chi connectivity index (χ4n) is 1.81. The molecule has 4 nitrogen and oxygen atoms in total. The van der Waals surface area contributed by atoms with E-state index in [-0.39, 0.29) is 6.10 Å². The van der Waals surface area contributed by atoms with E-state index in [9.17, 15) is 5.11 Å². The first kappa shape index (κ1) is 12.3. The Labute approximate surface area is 105 Å². The first-order valence-corrected chi connectivity index (χ1v) is 6.79. The molecule has 17 heavy (non-hydrogen) atoms. The highest BCUT2D eigenvalue weighted by molar-refractivity contribution is 7.07. The second-order valence-corrected chi connectivity index (χ2v) is 4.87. The standard InChI is InChI=1S/C12H17N3OS/c1-2-4-15-12(13-9-14-15)7-11(16)6-10-3-5-17-8-10/h3,5,8-9,11,16H,2,4,6-7H2,1H3. The molecule has 1 N–H and O–H groups in total. The van der Waals surface area contributed by atoms with Crippen molar-refractivity contribution in [3.8, 4) is 0 Å². The van der Waals surface area contributed by atoms with Gasteiger partial charge < -0.3 is 5.11 Å². The van der Waals surface area contributed by atoms with Gasteiger partial charge in [-0.25, -0.2) is 4.98 Å². The predicted molar refractivity (Wildman–Crippen MR) is 68.0 cm³/mol. The van der Waals surface area contributed by atoms with E-state index in [0.29, 0.717) is 12.8 Å². The molecular formula is C12H17N3OS. The molecule has 2 heterocycles. The summed E-state index contributed by atoms with van der Waals surface area (Å²) in [6.07, 6.45) is 3.45. The van der Waals surface area contributed by atoms with Gasteiger partial charge in [0.2, 0.25) is 0 Å². The lowest BCUT2D eigenvalue weighted by Gasteiger charge is -2.10. The summed E-state index contributed by atoms with van der Waals surface area (Å²) >= 11 is 1.66. The first-order chi connectivity index (χ1) is 8.29. The normalized spacial score (nSPS) is 12.8. The predicted octanol–water partition coefficient (Wildman–Crippen LogP) is 1.90. The van der Waals surface area contributed by atoms with Gasteiger partial charge >= 0.3 is 0 Å². The Hall–Kier alpha value is -1.20. The molecule has 0 aliphatic heterocycles. The van der Waals surface area contributed by atoms with Gasteiger partial charge in [-0.2, -0.15) is 16.4 Å². The summed E-state index contributed by atoms with van der Waals surface area (Å²) in [7, 11) is 0. The van der Waals surface area contributed by atoms with Crippen LogP contribution in [0.4, 0.5) is 0 Å². The minimum atomic E-state index is -0.385. The van der Waals surface area contributed by atoms with Crippen molar-refractivity contribution < 1.29 is 5.11 Å². The van der Waals surface area contributed by atoms with E-state index in [1.54, 1.807) is 17.7 Å². The number of aromatic nitrogens is 3. The Kier molecular flexibility index (Phi) is 4.28. The number of rotatable bonds is 6. The molecule has 0 amide bonds. The van der Waals surface area contributed by atoms with Crippen LogP contribution in [-0.4, -0.2) is 26.0 Å². The highest BCUT2D eigenvalue weighted by Crippen LogP contribution is 2.11. The van der Waals surface area contributed by atoms with Crippen molar-refractivity contribution in [2.24, 2.45) is 0 Å². The van der Waals surface area contributed by atoms with Gasteiger partial charge in [0.25, 0.3) is 0 Å². The van der Waals surface area contributed by atoms with Crippen molar-refractivity contribution in [1.82, 2.24) is 14.8 Å². The zero-order valence-corrected chi connectivity index (χ0v) is 10.7. The third kappa shape index (κ3) is 3.38. The number of thiophene rings is 1. The van der Waals surface area contributed by atoms with E-state index < -0.39 is 0 Å². The lowest BCUT2D eigenvalue weighted by molar-refractivity contribution is 0.171. The highest BCUT2D eigenvalue weighted by atomic mass is 32.1. The molecule has 5 heteroatoms. The summed E-state index contributed by atoms with van der Waals surface area (Å²) < 4.78 is 1.87. The molecule has 2 aromatic heterocycles. The SMILES string of the molecule is CCCn1ncnc1CC(O)Cc1ccsc1. The topological polar surface area (TPSA) is 50.9 Å². The summed E-state index contributed by atoms with van der Waals surface area (Å²) in [5, 5.41) is 18.3. The van der Waals surface area contributed by atoms with Crippen molar-refractivity contribution in [3.63, 3.8) is 0 Å². The van der Waals surface area contributed by atoms with Gasteiger partial charge in [-0.3, -0.25) is 4.68 Å². The van der Waals surface area contributed by atoms with Crippen molar-refractivity contribution in [3.05, 3.63) is 34.5 Å². The number of aliphatic hydroxyl groups excluding tert-OH is 1. The number of nitrogens with zero attached hydrogens (tertiary/aromatic N) is 3. The number of aryl methyl sites for hydroxylation is 1. The average Bonchev–Trinajstić information content (AvgIpc) is 2.92. The molecule has 92 valence electrons. The summed E-state index contributed by atoms with van der Waals surface area (Å²) in [4.78, 5) is 4.20. The Morgan fingerprint density at radius 3 is 3.06 bits per heavy atom. The number of aliphatic hydroxyl groups is 1. The summed E-state index contributed by atoms with van der Waals surface area (Å²) in [6.45, 7) is 2.97. The van der Waals surface area contributed by atoms with Crippen LogP contribution in [-0.2, 0) is 19.4 Å². The summed E-state index contributed by atoms with van der Waals surface area (Å²) in [6, 6.07) is 2.05. The van der Waals surface area contributed by atoms with Gasteiger partial charge in [-0.05, 0) is 35.2 Å². The smallest absolute Gasteiger partial charge is 0.138 e. The van der Waals surface area contributed by atoms with Crippen molar-refractivity contribution in [2.75, 3.05) is 0 Å². The van der Waals surface area contributed by atoms with Gasteiger partial charge in [0.05, 0.1) is 6.10 Å². The van der Waals surface area contributed by atoms with Crippen molar-refractivity contribution >= 4 is 11.3 Å². The van der Waals surface area contributed by atoms with Crippen LogP contribution in [0.15, 0.2) is 23.2 Å². The van der Waals surface area contributed by atoms with Gasteiger partial charge in [-0.1, -0.05) is 6.92 Å². The van der Waals surface area contributed by atoms with Gasteiger partial charge in [0.15, 0.2) is 0 Å². The van der Waals surface area contributed by atoms with Crippen LogP contribution in [0.25, 0.3) is 0 Å². The molecule has 2 aromatic rings. The lowest BCUT2D eigenvalue weighted by atomic mass is 10.1. The van der Waals surface area contributed by atoms with E-state index in [1.165, 1.54) is 5.56 Å². The second kappa shape index (κ2) is 5.93. The van der Waals surface area contributed by atoms with Gasteiger partial charge in [-0.15, -0.1) is 0 Å². The molecule has 1 unspecified atom stereocenters. The van der Waals surface area contributed by atoms with Crippen molar-refractivity contribution in [1.29, 1.82) is 0 Å². The largest absolute Gasteiger partial charge is 0.392 e. The average molecular weight is 251 g/mol. The molecule has 2 rings (SSSR count). The molecule has 0 radical (unpaired) electrons. The maximum Gasteiger partial charge on any atom is 0.138 e. The second-order valence-electron chi connectivity index (χ2n) is 4.09. The Balaban J connectivity index is 1.93. The van der Waals surface area contributed by atoms with Crippen LogP contribution in [0, 0.1) is 0 Å². The molecule has 0 aliphatic carbocycles. The quantitative estimate of drug-likeness (QED) is 0.853. The molecule has 0 saturated carbocycles. The first-order valence-electron chi connectivity index (χ1n) is 5.85. The van der Waals surface area contributed by atoms with Gasteiger partial charge in [0.1, 0.15) is 12.2 Å². The van der Waals surface area contributed by atoms with E-state index in [0.717, 1.165) is 18.8 Å². The van der Waals surface area contributed by atoms with Crippen molar-refractivity contribution in [2.45, 2.75) is 38.8 Å². The fraction of sp³-hybridized carbons (Fsp3) is 0.500. The van der Waals surface area contributed by atoms with Crippen LogP contribution in [0.3, 0.4) is 0 Å². The van der Waals surface area contributed by atoms with Crippen LogP contribution in [0.5, 0.6) is 0 Å². The molecule has 0 spiro atoms. The third-order valence-corrected chi connectivity index (χ3v) is 3.33. The van der Waals surface area contributed by atoms with E-state index in [1.807, 2.05) is 16.1 Å². The zero-order chi connectivity index (χ0) is 12.1. The Morgan fingerprint density at radius 1 is 1.47 bits per heavy atom. The fourth-order valence-corrected chi connectivity index (χ4v) is 2.49. The van der Waals surface area contributed by atoms with Crippen LogP contribution < -0.4 is 0 Å². The molecule has 0 aliphatic rings. The molecule has 0 bridgehead atoms. The van der Waals surface area contributed by atoms with E-state index >= 15 is 0 Å². The lowest BCUT2D eigenvalue weighted by Crippen LogP contribution is -2.17. The minimum Gasteiger partial charge on any atom is -0.392 e. The highest BCUT2D eigenvalue weighted by Gasteiger charge is 2.11. The summed E-state index contributed by atoms with van der Waals surface area (Å²) in [5.74, 6) is 0.870. The van der Waals surface area contributed by atoms with Crippen LogP contribution in [0.2, 0.25) is 0 Å². The van der Waals surface area contributed by atoms with E-state index in [4.69, 9.17) is 0 Å². The Bertz CT molecular complexity index is 438. The van der Waals surface area contributed by atoms with Gasteiger partial charge in [0, 0.05) is 13.0 Å². The molecule has 0 aromatic carbocycles. The molecular weight excluding hydrogens is 234 g/mol.